The van der Waals surface area contributed by atoms with Crippen LogP contribution in [0.3, 0.4) is 0 Å². The van der Waals surface area contributed by atoms with E-state index < -0.39 is 0 Å². The van der Waals surface area contributed by atoms with Crippen LogP contribution in [0.25, 0.3) is 0 Å². The Labute approximate surface area is 170 Å². The van der Waals surface area contributed by atoms with Crippen LogP contribution in [0.2, 0.25) is 0 Å². The lowest BCUT2D eigenvalue weighted by Crippen LogP contribution is -2.13. The van der Waals surface area contributed by atoms with Crippen molar-refractivity contribution in [1.29, 1.82) is 0 Å². The summed E-state index contributed by atoms with van der Waals surface area (Å²) in [5, 5.41) is 2.95. The number of amides is 1. The van der Waals surface area contributed by atoms with Crippen LogP contribution >= 0.6 is 0 Å². The van der Waals surface area contributed by atoms with E-state index in [-0.39, 0.29) is 18.7 Å². The summed E-state index contributed by atoms with van der Waals surface area (Å²) in [5.74, 6) is 2.48. The van der Waals surface area contributed by atoms with Crippen molar-refractivity contribution in [2.75, 3.05) is 12.4 Å². The van der Waals surface area contributed by atoms with E-state index in [0.29, 0.717) is 6.42 Å². The van der Waals surface area contributed by atoms with Gasteiger partial charge in [-0.05, 0) is 67.1 Å². The van der Waals surface area contributed by atoms with Gasteiger partial charge in [-0.2, -0.15) is 0 Å². The summed E-state index contributed by atoms with van der Waals surface area (Å²) in [4.78, 5) is 11.8. The van der Waals surface area contributed by atoms with Crippen LogP contribution in [-0.4, -0.2) is 13.0 Å². The SMILES string of the molecule is C.CCCC(=O)Nc1cc(C)c(Oc2ccc(OC)c(C(C)(C)C)c2)c(C)c1. The van der Waals surface area contributed by atoms with Crippen molar-refractivity contribution >= 4 is 11.6 Å². The van der Waals surface area contributed by atoms with Crippen molar-refractivity contribution in [1.82, 2.24) is 0 Å². The topological polar surface area (TPSA) is 47.6 Å². The standard InChI is InChI=1S/C23H31NO3.CH4/c1-8-9-21(25)24-17-12-15(2)22(16(3)13-17)27-18-10-11-20(26-7)19(14-18)23(4,5)6;/h10-14H,8-9H2,1-7H3,(H,24,25);1H4. The molecule has 0 saturated heterocycles. The minimum Gasteiger partial charge on any atom is -0.496 e. The Balaban J connectivity index is 0.00000392. The Hall–Kier alpha value is -2.49. The highest BCUT2D eigenvalue weighted by Gasteiger charge is 2.20. The van der Waals surface area contributed by atoms with Gasteiger partial charge < -0.3 is 14.8 Å². The molecule has 4 nitrogen and oxygen atoms in total. The van der Waals surface area contributed by atoms with Crippen LogP contribution in [0.5, 0.6) is 17.2 Å². The van der Waals surface area contributed by atoms with E-state index in [1.165, 1.54) is 0 Å². The first-order valence-electron chi connectivity index (χ1n) is 9.43. The Bertz CT molecular complexity index is 796. The van der Waals surface area contributed by atoms with Gasteiger partial charge in [-0.3, -0.25) is 4.79 Å². The number of hydrogen-bond donors (Lipinski definition) is 1. The Morgan fingerprint density at radius 2 is 1.68 bits per heavy atom. The highest BCUT2D eigenvalue weighted by molar-refractivity contribution is 5.91. The second-order valence-corrected chi connectivity index (χ2v) is 7.95. The Morgan fingerprint density at radius 3 is 2.18 bits per heavy atom. The fourth-order valence-corrected chi connectivity index (χ4v) is 3.09. The third-order valence-electron chi connectivity index (χ3n) is 4.42. The van der Waals surface area contributed by atoms with Gasteiger partial charge in [-0.25, -0.2) is 0 Å². The number of ether oxygens (including phenoxy) is 2. The van der Waals surface area contributed by atoms with Crippen LogP contribution in [-0.2, 0) is 10.2 Å². The van der Waals surface area contributed by atoms with Gasteiger partial charge in [0.05, 0.1) is 7.11 Å². The van der Waals surface area contributed by atoms with Crippen molar-refractivity contribution in [3.05, 3.63) is 47.0 Å². The van der Waals surface area contributed by atoms with E-state index in [1.54, 1.807) is 7.11 Å². The molecule has 0 bridgehead atoms. The number of anilines is 1. The molecule has 0 heterocycles. The number of nitrogens with one attached hydrogen (secondary N) is 1. The van der Waals surface area contributed by atoms with Crippen molar-refractivity contribution < 1.29 is 14.3 Å². The normalized spacial score (nSPS) is 10.8. The van der Waals surface area contributed by atoms with Crippen molar-refractivity contribution in [2.24, 2.45) is 0 Å². The van der Waals surface area contributed by atoms with Crippen LogP contribution in [0.4, 0.5) is 5.69 Å². The van der Waals surface area contributed by atoms with Gasteiger partial charge in [0, 0.05) is 17.7 Å². The average Bonchev–Trinajstić information content (AvgIpc) is 2.57. The number of methoxy groups -OCH3 is 1. The third kappa shape index (κ3) is 5.75. The highest BCUT2D eigenvalue weighted by atomic mass is 16.5. The van der Waals surface area contributed by atoms with Gasteiger partial charge in [0.25, 0.3) is 0 Å². The first-order chi connectivity index (χ1) is 12.7. The zero-order valence-corrected chi connectivity index (χ0v) is 17.5. The molecular weight excluding hydrogens is 350 g/mol. The van der Waals surface area contributed by atoms with Gasteiger partial charge in [0.15, 0.2) is 0 Å². The number of carbonyl (C=O) groups is 1. The molecule has 2 rings (SSSR count). The lowest BCUT2D eigenvalue weighted by Gasteiger charge is -2.23. The molecule has 0 aliphatic carbocycles. The Kier molecular flexibility index (Phi) is 8.10. The van der Waals surface area contributed by atoms with Crippen LogP contribution in [0.1, 0.15) is 64.7 Å². The highest BCUT2D eigenvalue weighted by Crippen LogP contribution is 2.37. The molecule has 0 aliphatic heterocycles. The molecule has 4 heteroatoms. The second-order valence-electron chi connectivity index (χ2n) is 7.95. The molecule has 2 aromatic carbocycles. The lowest BCUT2D eigenvalue weighted by atomic mass is 9.86. The zero-order chi connectivity index (χ0) is 20.2. The van der Waals surface area contributed by atoms with E-state index in [4.69, 9.17) is 9.47 Å². The predicted octanol–water partition coefficient (Wildman–Crippen LogP) is 6.78. The van der Waals surface area contributed by atoms with E-state index in [2.05, 4.69) is 26.1 Å². The number of hydrogen-bond acceptors (Lipinski definition) is 3. The molecule has 0 saturated carbocycles. The summed E-state index contributed by atoms with van der Waals surface area (Å²) >= 11 is 0. The maximum absolute atomic E-state index is 11.8. The van der Waals surface area contributed by atoms with E-state index in [1.807, 2.05) is 51.1 Å². The molecule has 1 amide bonds. The summed E-state index contributed by atoms with van der Waals surface area (Å²) < 4.78 is 11.7. The molecule has 1 N–H and O–H groups in total. The van der Waals surface area contributed by atoms with Gasteiger partial charge in [-0.1, -0.05) is 35.1 Å². The van der Waals surface area contributed by atoms with E-state index in [9.17, 15) is 4.79 Å². The molecular formula is C24H35NO3. The van der Waals surface area contributed by atoms with Crippen molar-refractivity contribution in [3.63, 3.8) is 0 Å². The molecule has 154 valence electrons. The average molecular weight is 386 g/mol. The largest absolute Gasteiger partial charge is 0.496 e. The molecule has 0 unspecified atom stereocenters. The summed E-state index contributed by atoms with van der Waals surface area (Å²) in [6, 6.07) is 9.80. The minimum absolute atomic E-state index is 0. The van der Waals surface area contributed by atoms with Gasteiger partial charge in [0.1, 0.15) is 17.2 Å². The zero-order valence-electron chi connectivity index (χ0n) is 17.5. The molecule has 0 radical (unpaired) electrons. The molecule has 0 aromatic heterocycles. The number of carbonyl (C=O) groups excluding carboxylic acids is 1. The molecule has 0 aliphatic rings. The quantitative estimate of drug-likeness (QED) is 0.596. The van der Waals surface area contributed by atoms with Crippen molar-refractivity contribution in [3.8, 4) is 17.2 Å². The number of benzene rings is 2. The maximum atomic E-state index is 11.8. The summed E-state index contributed by atoms with van der Waals surface area (Å²) in [6.07, 6.45) is 1.36. The summed E-state index contributed by atoms with van der Waals surface area (Å²) in [6.45, 7) is 12.4. The molecule has 0 atom stereocenters. The van der Waals surface area contributed by atoms with Crippen molar-refractivity contribution in [2.45, 2.75) is 67.2 Å². The summed E-state index contributed by atoms with van der Waals surface area (Å²) in [7, 11) is 1.69. The van der Waals surface area contributed by atoms with Crippen LogP contribution < -0.4 is 14.8 Å². The second kappa shape index (κ2) is 9.63. The number of rotatable bonds is 6. The van der Waals surface area contributed by atoms with Gasteiger partial charge in [-0.15, -0.1) is 0 Å². The fourth-order valence-electron chi connectivity index (χ4n) is 3.09. The lowest BCUT2D eigenvalue weighted by molar-refractivity contribution is -0.116. The monoisotopic (exact) mass is 385 g/mol. The molecule has 0 fully saturated rings. The predicted molar refractivity (Wildman–Crippen MR) is 118 cm³/mol. The summed E-state index contributed by atoms with van der Waals surface area (Å²) in [5.41, 5.74) is 3.81. The van der Waals surface area contributed by atoms with Crippen LogP contribution in [0.15, 0.2) is 30.3 Å². The van der Waals surface area contributed by atoms with Gasteiger partial charge >= 0.3 is 0 Å². The maximum Gasteiger partial charge on any atom is 0.224 e. The third-order valence-corrected chi connectivity index (χ3v) is 4.42. The first kappa shape index (κ1) is 23.5. The fraction of sp³-hybridized carbons (Fsp3) is 0.458. The first-order valence-corrected chi connectivity index (χ1v) is 9.43. The molecule has 0 spiro atoms. The minimum atomic E-state index is -0.0534. The molecule has 28 heavy (non-hydrogen) atoms. The number of aryl methyl sites for hydroxylation is 2. The van der Waals surface area contributed by atoms with Gasteiger partial charge in [0.2, 0.25) is 5.91 Å². The Morgan fingerprint density at radius 1 is 1.07 bits per heavy atom. The smallest absolute Gasteiger partial charge is 0.224 e. The van der Waals surface area contributed by atoms with Crippen LogP contribution in [0, 0.1) is 13.8 Å². The van der Waals surface area contributed by atoms with E-state index >= 15 is 0 Å². The molecule has 2 aromatic rings. The van der Waals surface area contributed by atoms with E-state index in [0.717, 1.165) is 46.0 Å².